The third kappa shape index (κ3) is 4.14. The van der Waals surface area contributed by atoms with Crippen LogP contribution in [0.15, 0.2) is 59.2 Å². The highest BCUT2D eigenvalue weighted by atomic mass is 35.5. The molecule has 1 amide bonds. The molecule has 0 saturated carbocycles. The summed E-state index contributed by atoms with van der Waals surface area (Å²) in [5.41, 5.74) is 8.26. The summed E-state index contributed by atoms with van der Waals surface area (Å²) in [6, 6.07) is 15.0. The smallest absolute Gasteiger partial charge is 0.277 e. The van der Waals surface area contributed by atoms with Crippen molar-refractivity contribution < 1.29 is 9.21 Å². The third-order valence-electron chi connectivity index (χ3n) is 3.26. The number of nitrogens with two attached hydrogens (primary N) is 1. The van der Waals surface area contributed by atoms with Gasteiger partial charge < -0.3 is 15.5 Å². The second-order valence-corrected chi connectivity index (χ2v) is 5.31. The quantitative estimate of drug-likeness (QED) is 0.730. The molecule has 2 aromatic carbocycles. The van der Waals surface area contributed by atoms with E-state index in [1.54, 1.807) is 6.07 Å². The van der Waals surface area contributed by atoms with Crippen molar-refractivity contribution >= 4 is 35.6 Å². The lowest BCUT2D eigenvalue weighted by Gasteiger charge is -2.06. The Kier molecular flexibility index (Phi) is 5.98. The van der Waals surface area contributed by atoms with Crippen molar-refractivity contribution in [2.45, 2.75) is 6.54 Å². The van der Waals surface area contributed by atoms with Crippen LogP contribution in [0.25, 0.3) is 11.1 Å². The number of oxazole rings is 1. The molecule has 124 valence electrons. The van der Waals surface area contributed by atoms with E-state index in [1.807, 2.05) is 42.5 Å². The average molecular weight is 364 g/mol. The minimum absolute atomic E-state index is 0. The van der Waals surface area contributed by atoms with Crippen molar-refractivity contribution in [2.75, 3.05) is 5.32 Å². The van der Waals surface area contributed by atoms with Crippen LogP contribution >= 0.6 is 24.0 Å². The molecule has 1 heterocycles. The van der Waals surface area contributed by atoms with Crippen LogP contribution in [-0.4, -0.2) is 10.9 Å². The van der Waals surface area contributed by atoms with Crippen molar-refractivity contribution in [3.8, 4) is 11.1 Å². The molecule has 0 aliphatic heterocycles. The second-order valence-electron chi connectivity index (χ2n) is 4.87. The monoisotopic (exact) mass is 363 g/mol. The zero-order valence-electron chi connectivity index (χ0n) is 12.5. The molecule has 0 fully saturated rings. The normalized spacial score (nSPS) is 10.1. The number of nitrogens with zero attached hydrogens (tertiary/aromatic N) is 1. The van der Waals surface area contributed by atoms with Gasteiger partial charge in [0.15, 0.2) is 5.69 Å². The number of halogens is 2. The molecule has 3 aromatic rings. The van der Waals surface area contributed by atoms with Crippen LogP contribution < -0.4 is 11.1 Å². The maximum Gasteiger partial charge on any atom is 0.277 e. The van der Waals surface area contributed by atoms with E-state index in [0.717, 1.165) is 11.1 Å². The van der Waals surface area contributed by atoms with Gasteiger partial charge in [0.25, 0.3) is 5.91 Å². The summed E-state index contributed by atoms with van der Waals surface area (Å²) in [5, 5.41) is 3.47. The van der Waals surface area contributed by atoms with Crippen LogP contribution in [0.3, 0.4) is 0 Å². The summed E-state index contributed by atoms with van der Waals surface area (Å²) < 4.78 is 5.07. The van der Waals surface area contributed by atoms with Gasteiger partial charge in [0.2, 0.25) is 5.89 Å². The van der Waals surface area contributed by atoms with E-state index in [1.165, 1.54) is 6.26 Å². The molecular formula is C17H15Cl2N3O2. The number of carbonyl (C=O) groups is 1. The Morgan fingerprint density at radius 1 is 1.17 bits per heavy atom. The van der Waals surface area contributed by atoms with E-state index in [4.69, 9.17) is 21.8 Å². The number of benzene rings is 2. The van der Waals surface area contributed by atoms with Crippen LogP contribution in [-0.2, 0) is 6.54 Å². The molecule has 3 rings (SSSR count). The van der Waals surface area contributed by atoms with Crippen LogP contribution in [0.1, 0.15) is 16.4 Å². The highest BCUT2D eigenvalue weighted by Gasteiger charge is 2.12. The van der Waals surface area contributed by atoms with Crippen LogP contribution in [0.4, 0.5) is 5.69 Å². The Morgan fingerprint density at radius 3 is 2.58 bits per heavy atom. The molecule has 1 aromatic heterocycles. The van der Waals surface area contributed by atoms with Crippen LogP contribution in [0.2, 0.25) is 5.02 Å². The molecule has 3 N–H and O–H groups in total. The Morgan fingerprint density at radius 2 is 1.92 bits per heavy atom. The average Bonchev–Trinajstić information content (AvgIpc) is 3.05. The van der Waals surface area contributed by atoms with Crippen molar-refractivity contribution in [2.24, 2.45) is 5.73 Å². The van der Waals surface area contributed by atoms with E-state index >= 15 is 0 Å². The van der Waals surface area contributed by atoms with Gasteiger partial charge in [0.1, 0.15) is 6.26 Å². The van der Waals surface area contributed by atoms with Crippen LogP contribution in [0.5, 0.6) is 0 Å². The number of nitrogens with one attached hydrogen (secondary N) is 1. The first-order chi connectivity index (χ1) is 11.2. The Balaban J connectivity index is 0.00000208. The fraction of sp³-hybridized carbons (Fsp3) is 0.0588. The lowest BCUT2D eigenvalue weighted by molar-refractivity contribution is 0.102. The van der Waals surface area contributed by atoms with Crippen molar-refractivity contribution in [3.63, 3.8) is 0 Å². The summed E-state index contributed by atoms with van der Waals surface area (Å²) in [5.74, 6) is -0.0215. The van der Waals surface area contributed by atoms with Gasteiger partial charge in [0, 0.05) is 10.7 Å². The standard InChI is InChI=1S/C17H14ClN3O2.ClH/c18-13-6-4-11(5-7-13)12-2-1-3-14(8-12)20-17(22)15-10-23-16(9-19)21-15;/h1-8,10H,9,19H2,(H,20,22);1H. The van der Waals surface area contributed by atoms with Gasteiger partial charge in [0.05, 0.1) is 6.54 Å². The fourth-order valence-electron chi connectivity index (χ4n) is 2.12. The Labute approximate surface area is 150 Å². The number of hydrogen-bond donors (Lipinski definition) is 2. The summed E-state index contributed by atoms with van der Waals surface area (Å²) in [7, 11) is 0. The van der Waals surface area contributed by atoms with Crippen molar-refractivity contribution in [1.29, 1.82) is 0 Å². The minimum Gasteiger partial charge on any atom is -0.447 e. The summed E-state index contributed by atoms with van der Waals surface area (Å²) in [4.78, 5) is 16.1. The topological polar surface area (TPSA) is 81.1 Å². The van der Waals surface area contributed by atoms with Crippen LogP contribution in [0, 0.1) is 0 Å². The molecule has 0 atom stereocenters. The van der Waals surface area contributed by atoms with E-state index in [9.17, 15) is 4.79 Å². The molecule has 0 saturated heterocycles. The zero-order valence-corrected chi connectivity index (χ0v) is 14.1. The maximum atomic E-state index is 12.1. The maximum absolute atomic E-state index is 12.1. The number of aromatic nitrogens is 1. The first kappa shape index (κ1) is 18.0. The summed E-state index contributed by atoms with van der Waals surface area (Å²) in [6.45, 7) is 0.152. The van der Waals surface area contributed by atoms with Gasteiger partial charge in [-0.1, -0.05) is 35.9 Å². The first-order valence-electron chi connectivity index (χ1n) is 6.97. The predicted octanol–water partition coefficient (Wildman–Crippen LogP) is 4.13. The molecule has 0 unspecified atom stereocenters. The predicted molar refractivity (Wildman–Crippen MR) is 96.5 cm³/mol. The van der Waals surface area contributed by atoms with Gasteiger partial charge in [-0.3, -0.25) is 4.79 Å². The second kappa shape index (κ2) is 7.97. The largest absolute Gasteiger partial charge is 0.447 e. The van der Waals surface area contributed by atoms with Crippen molar-refractivity contribution in [1.82, 2.24) is 4.98 Å². The van der Waals surface area contributed by atoms with E-state index in [2.05, 4.69) is 10.3 Å². The zero-order chi connectivity index (χ0) is 16.2. The lowest BCUT2D eigenvalue weighted by Crippen LogP contribution is -2.12. The molecule has 7 heteroatoms. The molecule has 5 nitrogen and oxygen atoms in total. The number of amides is 1. The van der Waals surface area contributed by atoms with Gasteiger partial charge >= 0.3 is 0 Å². The van der Waals surface area contributed by atoms with E-state index in [-0.39, 0.29) is 30.6 Å². The van der Waals surface area contributed by atoms with Gasteiger partial charge in [-0.25, -0.2) is 4.98 Å². The fourth-order valence-corrected chi connectivity index (χ4v) is 2.25. The molecule has 0 radical (unpaired) electrons. The Hall–Kier alpha value is -2.34. The molecule has 0 aliphatic carbocycles. The van der Waals surface area contributed by atoms with E-state index in [0.29, 0.717) is 16.6 Å². The number of anilines is 1. The Bertz CT molecular complexity index is 832. The molecular weight excluding hydrogens is 349 g/mol. The number of carbonyl (C=O) groups excluding carboxylic acids is 1. The van der Waals surface area contributed by atoms with Gasteiger partial charge in [-0.05, 0) is 35.4 Å². The number of hydrogen-bond acceptors (Lipinski definition) is 4. The third-order valence-corrected chi connectivity index (χ3v) is 3.51. The lowest BCUT2D eigenvalue weighted by atomic mass is 10.1. The van der Waals surface area contributed by atoms with Crippen molar-refractivity contribution in [3.05, 3.63) is 71.4 Å². The molecule has 0 bridgehead atoms. The number of rotatable bonds is 4. The highest BCUT2D eigenvalue weighted by Crippen LogP contribution is 2.24. The van der Waals surface area contributed by atoms with Gasteiger partial charge in [-0.2, -0.15) is 0 Å². The minimum atomic E-state index is -0.346. The molecule has 0 aliphatic rings. The molecule has 0 spiro atoms. The highest BCUT2D eigenvalue weighted by molar-refractivity contribution is 6.30. The SMILES string of the molecule is Cl.NCc1nc(C(=O)Nc2cccc(-c3ccc(Cl)cc3)c2)co1. The van der Waals surface area contributed by atoms with E-state index < -0.39 is 0 Å². The van der Waals surface area contributed by atoms with Gasteiger partial charge in [-0.15, -0.1) is 12.4 Å². The molecule has 24 heavy (non-hydrogen) atoms. The summed E-state index contributed by atoms with van der Waals surface area (Å²) in [6.07, 6.45) is 1.29. The summed E-state index contributed by atoms with van der Waals surface area (Å²) >= 11 is 5.90. The first-order valence-corrected chi connectivity index (χ1v) is 7.35.